The molecule has 0 radical (unpaired) electrons. The Labute approximate surface area is 196 Å². The van der Waals surface area contributed by atoms with Crippen LogP contribution in [0.2, 0.25) is 0 Å². The summed E-state index contributed by atoms with van der Waals surface area (Å²) in [5, 5.41) is 0. The molecule has 0 unspecified atom stereocenters. The van der Waals surface area contributed by atoms with Crippen LogP contribution in [0.5, 0.6) is 0 Å². The van der Waals surface area contributed by atoms with Gasteiger partial charge in [0.2, 0.25) is 5.91 Å². The molecule has 1 saturated carbocycles. The first-order valence-corrected chi connectivity index (χ1v) is 12.1. The Hall–Kier alpha value is -2.61. The number of carbonyl (C=O) groups excluding carboxylic acids is 3. The van der Waals surface area contributed by atoms with Gasteiger partial charge in [-0.05, 0) is 68.8 Å². The molecule has 8 nitrogen and oxygen atoms in total. The molecule has 0 spiro atoms. The molecule has 8 heteroatoms. The number of esters is 1. The second kappa shape index (κ2) is 10.1. The van der Waals surface area contributed by atoms with Crippen molar-refractivity contribution in [3.8, 4) is 0 Å². The van der Waals surface area contributed by atoms with Crippen LogP contribution in [0.4, 0.5) is 10.5 Å². The van der Waals surface area contributed by atoms with Crippen molar-refractivity contribution in [1.82, 2.24) is 14.7 Å². The zero-order chi connectivity index (χ0) is 23.5. The van der Waals surface area contributed by atoms with E-state index in [1.54, 1.807) is 4.90 Å². The Morgan fingerprint density at radius 1 is 1.03 bits per heavy atom. The second-order valence-electron chi connectivity index (χ2n) is 9.57. The lowest BCUT2D eigenvalue weighted by Gasteiger charge is -2.38. The number of hydrogen-bond acceptors (Lipinski definition) is 5. The minimum Gasteiger partial charge on any atom is -0.468 e. The molecule has 1 aliphatic carbocycles. The topological polar surface area (TPSA) is 73.4 Å². The number of methoxy groups -OCH3 is 1. The molecule has 3 amide bonds. The number of carbonyl (C=O) groups is 3. The normalized spacial score (nSPS) is 23.8. The van der Waals surface area contributed by atoms with Gasteiger partial charge in [0, 0.05) is 50.9 Å². The molecule has 2 fully saturated rings. The summed E-state index contributed by atoms with van der Waals surface area (Å²) in [6.45, 7) is 5.05. The van der Waals surface area contributed by atoms with Crippen LogP contribution in [0.1, 0.15) is 43.7 Å². The highest BCUT2D eigenvalue weighted by atomic mass is 16.5. The van der Waals surface area contributed by atoms with E-state index in [2.05, 4.69) is 30.1 Å². The van der Waals surface area contributed by atoms with Crippen LogP contribution < -0.4 is 4.90 Å². The number of likely N-dealkylation sites (N-methyl/N-ethyl adjacent to an activating group) is 1. The number of rotatable bonds is 5. The lowest BCUT2D eigenvalue weighted by Crippen LogP contribution is -2.48. The molecule has 180 valence electrons. The molecule has 2 aliphatic heterocycles. The Morgan fingerprint density at radius 3 is 2.39 bits per heavy atom. The highest BCUT2D eigenvalue weighted by Gasteiger charge is 2.38. The van der Waals surface area contributed by atoms with Crippen LogP contribution in [0.3, 0.4) is 0 Å². The average Bonchev–Trinajstić information content (AvgIpc) is 3.10. The molecule has 0 bridgehead atoms. The zero-order valence-corrected chi connectivity index (χ0v) is 20.1. The summed E-state index contributed by atoms with van der Waals surface area (Å²) in [7, 11) is 3.50. The molecule has 4 rings (SSSR count). The summed E-state index contributed by atoms with van der Waals surface area (Å²) in [5.74, 6) is -0.508. The largest absolute Gasteiger partial charge is 0.468 e. The van der Waals surface area contributed by atoms with E-state index in [4.69, 9.17) is 4.74 Å². The van der Waals surface area contributed by atoms with Crippen molar-refractivity contribution in [3.05, 3.63) is 29.3 Å². The van der Waals surface area contributed by atoms with Crippen molar-refractivity contribution in [2.75, 3.05) is 51.8 Å². The first kappa shape index (κ1) is 23.5. The van der Waals surface area contributed by atoms with Crippen molar-refractivity contribution in [2.24, 2.45) is 0 Å². The summed E-state index contributed by atoms with van der Waals surface area (Å²) >= 11 is 0. The van der Waals surface area contributed by atoms with Crippen LogP contribution >= 0.6 is 0 Å². The first-order valence-electron chi connectivity index (χ1n) is 12.1. The van der Waals surface area contributed by atoms with E-state index in [9.17, 15) is 14.4 Å². The monoisotopic (exact) mass is 456 g/mol. The van der Waals surface area contributed by atoms with E-state index >= 15 is 0 Å². The number of hydrogen-bond donors (Lipinski definition) is 0. The number of amides is 3. The Morgan fingerprint density at radius 2 is 1.73 bits per heavy atom. The van der Waals surface area contributed by atoms with Gasteiger partial charge in [0.25, 0.3) is 0 Å². The number of anilines is 1. The van der Waals surface area contributed by atoms with Crippen molar-refractivity contribution in [2.45, 2.75) is 57.5 Å². The van der Waals surface area contributed by atoms with Gasteiger partial charge in [-0.15, -0.1) is 0 Å². The van der Waals surface area contributed by atoms with Crippen LogP contribution in [0.25, 0.3) is 0 Å². The van der Waals surface area contributed by atoms with Gasteiger partial charge in [0.1, 0.15) is 6.54 Å². The molecule has 3 aliphatic rings. The molecular weight excluding hydrogens is 420 g/mol. The Kier molecular flexibility index (Phi) is 7.22. The van der Waals surface area contributed by atoms with Gasteiger partial charge in [0.05, 0.1) is 7.11 Å². The minimum atomic E-state index is -0.398. The Balaban J connectivity index is 1.37. The highest BCUT2D eigenvalue weighted by Crippen LogP contribution is 2.31. The lowest BCUT2D eigenvalue weighted by atomic mass is 9.89. The molecule has 33 heavy (non-hydrogen) atoms. The third kappa shape index (κ3) is 5.16. The molecule has 1 aromatic rings. The van der Waals surface area contributed by atoms with E-state index < -0.39 is 5.97 Å². The van der Waals surface area contributed by atoms with Crippen LogP contribution in [0, 0.1) is 0 Å². The van der Waals surface area contributed by atoms with E-state index in [0.29, 0.717) is 6.54 Å². The number of fused-ring (bicyclic) bond motifs is 1. The molecule has 1 saturated heterocycles. The predicted octanol–water partition coefficient (Wildman–Crippen LogP) is 2.29. The number of benzene rings is 1. The van der Waals surface area contributed by atoms with Crippen LogP contribution in [0.15, 0.2) is 18.2 Å². The molecular formula is C25H36N4O4. The SMILES string of the molecule is COC(=O)CN(C(C)=O)C1CCC(N2CCN(c3ccc4c(c3)CCN(C)CC4)C2=O)CC1. The van der Waals surface area contributed by atoms with E-state index in [0.717, 1.165) is 63.8 Å². The summed E-state index contributed by atoms with van der Waals surface area (Å²) < 4.78 is 4.75. The molecule has 0 aromatic heterocycles. The van der Waals surface area contributed by atoms with Gasteiger partial charge in [-0.1, -0.05) is 6.07 Å². The van der Waals surface area contributed by atoms with Crippen molar-refractivity contribution in [3.63, 3.8) is 0 Å². The zero-order valence-electron chi connectivity index (χ0n) is 20.1. The number of urea groups is 1. The van der Waals surface area contributed by atoms with Gasteiger partial charge in [0.15, 0.2) is 0 Å². The fourth-order valence-electron chi connectivity index (χ4n) is 5.51. The van der Waals surface area contributed by atoms with E-state index in [1.807, 2.05) is 9.80 Å². The van der Waals surface area contributed by atoms with E-state index in [-0.39, 0.29) is 30.6 Å². The first-order chi connectivity index (χ1) is 15.9. The van der Waals surface area contributed by atoms with Crippen molar-refractivity contribution < 1.29 is 19.1 Å². The summed E-state index contributed by atoms with van der Waals surface area (Å²) in [6, 6.07) is 6.80. The van der Waals surface area contributed by atoms with Gasteiger partial charge in [-0.2, -0.15) is 0 Å². The third-order valence-electron chi connectivity index (χ3n) is 7.55. The van der Waals surface area contributed by atoms with Gasteiger partial charge in [-0.3, -0.25) is 14.5 Å². The van der Waals surface area contributed by atoms with Gasteiger partial charge < -0.3 is 19.4 Å². The quantitative estimate of drug-likeness (QED) is 0.636. The van der Waals surface area contributed by atoms with Gasteiger partial charge in [-0.25, -0.2) is 4.79 Å². The van der Waals surface area contributed by atoms with E-state index in [1.165, 1.54) is 25.2 Å². The second-order valence-corrected chi connectivity index (χ2v) is 9.57. The summed E-state index contributed by atoms with van der Waals surface area (Å²) in [5.41, 5.74) is 3.76. The minimum absolute atomic E-state index is 0.00822. The van der Waals surface area contributed by atoms with Gasteiger partial charge >= 0.3 is 12.0 Å². The summed E-state index contributed by atoms with van der Waals surface area (Å²) in [6.07, 6.45) is 5.34. The Bertz CT molecular complexity index is 896. The maximum Gasteiger partial charge on any atom is 0.325 e. The summed E-state index contributed by atoms with van der Waals surface area (Å²) in [4.78, 5) is 45.0. The molecule has 0 N–H and O–H groups in total. The predicted molar refractivity (Wildman–Crippen MR) is 126 cm³/mol. The number of ether oxygens (including phenoxy) is 1. The standard InChI is InChI=1S/C25H36N4O4/c1-18(30)29(17-24(31)33-3)22-8-6-21(7-9-22)27-14-15-28(25(27)32)23-5-4-19-10-12-26(2)13-11-20(19)16-23/h4-5,16,21-22H,6-15,17H2,1-3H3. The highest BCUT2D eigenvalue weighted by molar-refractivity contribution is 5.94. The maximum absolute atomic E-state index is 13.3. The van der Waals surface area contributed by atoms with Crippen molar-refractivity contribution in [1.29, 1.82) is 0 Å². The fraction of sp³-hybridized carbons (Fsp3) is 0.640. The molecule has 0 atom stereocenters. The lowest BCUT2D eigenvalue weighted by molar-refractivity contribution is -0.148. The van der Waals surface area contributed by atoms with Crippen LogP contribution in [-0.2, 0) is 27.2 Å². The molecule has 1 aromatic carbocycles. The third-order valence-corrected chi connectivity index (χ3v) is 7.55. The average molecular weight is 457 g/mol. The molecule has 2 heterocycles. The smallest absolute Gasteiger partial charge is 0.325 e. The number of nitrogens with zero attached hydrogens (tertiary/aromatic N) is 4. The maximum atomic E-state index is 13.3. The fourth-order valence-corrected chi connectivity index (χ4v) is 5.51. The van der Waals surface area contributed by atoms with Crippen molar-refractivity contribution >= 4 is 23.6 Å². The van der Waals surface area contributed by atoms with Crippen LogP contribution in [-0.4, -0.2) is 91.6 Å².